The minimum atomic E-state index is -0.288. The number of fused-ring (bicyclic) bond motifs is 1. The summed E-state index contributed by atoms with van der Waals surface area (Å²) in [5.74, 6) is -0.288. The number of carbonyl (C=O) groups is 1. The highest BCUT2D eigenvalue weighted by Gasteiger charge is 2.21. The maximum atomic E-state index is 13.3. The highest BCUT2D eigenvalue weighted by Crippen LogP contribution is 2.27. The summed E-state index contributed by atoms with van der Waals surface area (Å²) in [4.78, 5) is 26.5. The van der Waals surface area contributed by atoms with E-state index in [1.165, 1.54) is 4.57 Å². The lowest BCUT2D eigenvalue weighted by atomic mass is 10.0. The van der Waals surface area contributed by atoms with Crippen LogP contribution in [0.1, 0.15) is 21.6 Å². The van der Waals surface area contributed by atoms with Gasteiger partial charge in [0, 0.05) is 28.3 Å². The molecule has 0 atom stereocenters. The minimum Gasteiger partial charge on any atom is -0.348 e. The van der Waals surface area contributed by atoms with E-state index in [0.717, 1.165) is 5.56 Å². The third-order valence-electron chi connectivity index (χ3n) is 4.98. The molecule has 0 bridgehead atoms. The number of aromatic nitrogens is 1. The molecular formula is C24H18Cl2N2O2. The van der Waals surface area contributed by atoms with Crippen molar-refractivity contribution in [1.82, 2.24) is 9.88 Å². The lowest BCUT2D eigenvalue weighted by molar-refractivity contribution is 0.0951. The zero-order chi connectivity index (χ0) is 21.3. The number of benzene rings is 3. The van der Waals surface area contributed by atoms with Crippen molar-refractivity contribution in [3.05, 3.63) is 110 Å². The number of para-hydroxylation sites is 1. The molecule has 6 heteroatoms. The maximum absolute atomic E-state index is 13.3. The van der Waals surface area contributed by atoms with Crippen LogP contribution >= 0.6 is 23.2 Å². The summed E-state index contributed by atoms with van der Waals surface area (Å²) in [6, 6.07) is 21.7. The van der Waals surface area contributed by atoms with Gasteiger partial charge in [0.2, 0.25) is 0 Å². The Morgan fingerprint density at radius 1 is 0.967 bits per heavy atom. The normalized spacial score (nSPS) is 10.9. The lowest BCUT2D eigenvalue weighted by Crippen LogP contribution is -2.29. The molecule has 0 saturated carbocycles. The molecule has 0 saturated heterocycles. The van der Waals surface area contributed by atoms with Gasteiger partial charge in [-0.25, -0.2) is 0 Å². The Labute approximate surface area is 183 Å². The van der Waals surface area contributed by atoms with Gasteiger partial charge in [0.25, 0.3) is 11.5 Å². The SMILES string of the molecule is Cc1c(C(=O)NCc2cccc(Cl)c2)c2cccc(Cl)c2c(=O)n1-c1ccccc1. The fourth-order valence-corrected chi connectivity index (χ4v) is 4.08. The molecule has 0 aliphatic rings. The highest BCUT2D eigenvalue weighted by molar-refractivity contribution is 6.36. The van der Waals surface area contributed by atoms with Crippen LogP contribution in [0.15, 0.2) is 77.6 Å². The zero-order valence-corrected chi connectivity index (χ0v) is 17.7. The second kappa shape index (κ2) is 8.34. The number of nitrogens with zero attached hydrogens (tertiary/aromatic N) is 1. The summed E-state index contributed by atoms with van der Waals surface area (Å²) in [6.45, 7) is 2.08. The first-order valence-corrected chi connectivity index (χ1v) is 10.1. The van der Waals surface area contributed by atoms with Crippen LogP contribution in [-0.4, -0.2) is 10.5 Å². The quantitative estimate of drug-likeness (QED) is 0.456. The van der Waals surface area contributed by atoms with Crippen molar-refractivity contribution in [2.24, 2.45) is 0 Å². The van der Waals surface area contributed by atoms with Crippen LogP contribution in [0.4, 0.5) is 0 Å². The third kappa shape index (κ3) is 3.72. The number of carbonyl (C=O) groups excluding carboxylic acids is 1. The zero-order valence-electron chi connectivity index (χ0n) is 16.2. The fourth-order valence-electron chi connectivity index (χ4n) is 3.61. The summed E-state index contributed by atoms with van der Waals surface area (Å²) in [5.41, 5.74) is 2.26. The van der Waals surface area contributed by atoms with Crippen molar-refractivity contribution in [2.75, 3.05) is 0 Å². The molecule has 1 N–H and O–H groups in total. The number of hydrogen-bond donors (Lipinski definition) is 1. The first-order valence-electron chi connectivity index (χ1n) is 9.39. The Kier molecular flexibility index (Phi) is 5.62. The second-order valence-electron chi connectivity index (χ2n) is 6.91. The van der Waals surface area contributed by atoms with Crippen molar-refractivity contribution < 1.29 is 4.79 Å². The van der Waals surface area contributed by atoms with Crippen LogP contribution in [0.2, 0.25) is 10.0 Å². The Bertz CT molecular complexity index is 1310. The average Bonchev–Trinajstić information content (AvgIpc) is 2.73. The largest absolute Gasteiger partial charge is 0.348 e. The molecular weight excluding hydrogens is 419 g/mol. The molecule has 0 aliphatic carbocycles. The maximum Gasteiger partial charge on any atom is 0.264 e. The van der Waals surface area contributed by atoms with E-state index >= 15 is 0 Å². The Balaban J connectivity index is 1.87. The minimum absolute atomic E-state index is 0.259. The topological polar surface area (TPSA) is 51.1 Å². The summed E-state index contributed by atoms with van der Waals surface area (Å²) < 4.78 is 1.53. The molecule has 0 radical (unpaired) electrons. The predicted octanol–water partition coefficient (Wildman–Crippen LogP) is 5.54. The molecule has 30 heavy (non-hydrogen) atoms. The molecule has 150 valence electrons. The number of nitrogens with one attached hydrogen (secondary N) is 1. The Morgan fingerprint density at radius 2 is 1.70 bits per heavy atom. The van der Waals surface area contributed by atoms with Gasteiger partial charge in [-0.05, 0) is 42.8 Å². The van der Waals surface area contributed by atoms with Gasteiger partial charge in [-0.15, -0.1) is 0 Å². The molecule has 1 amide bonds. The lowest BCUT2D eigenvalue weighted by Gasteiger charge is -2.18. The van der Waals surface area contributed by atoms with E-state index in [1.54, 1.807) is 37.3 Å². The van der Waals surface area contributed by atoms with Gasteiger partial charge in [-0.3, -0.25) is 14.2 Å². The number of rotatable bonds is 4. The van der Waals surface area contributed by atoms with Crippen LogP contribution in [0.25, 0.3) is 16.5 Å². The van der Waals surface area contributed by atoms with Crippen molar-refractivity contribution in [3.8, 4) is 5.69 Å². The van der Waals surface area contributed by atoms with E-state index in [4.69, 9.17) is 23.2 Å². The predicted molar refractivity (Wildman–Crippen MR) is 122 cm³/mol. The molecule has 3 aromatic carbocycles. The van der Waals surface area contributed by atoms with Crippen molar-refractivity contribution >= 4 is 39.9 Å². The van der Waals surface area contributed by atoms with Gasteiger partial charge in [-0.2, -0.15) is 0 Å². The van der Waals surface area contributed by atoms with Gasteiger partial charge in [-0.1, -0.05) is 65.7 Å². The highest BCUT2D eigenvalue weighted by atomic mass is 35.5. The van der Waals surface area contributed by atoms with Crippen LogP contribution in [0, 0.1) is 6.92 Å². The van der Waals surface area contributed by atoms with Crippen LogP contribution < -0.4 is 10.9 Å². The summed E-state index contributed by atoms with van der Waals surface area (Å²) in [6.07, 6.45) is 0. The van der Waals surface area contributed by atoms with Crippen LogP contribution in [-0.2, 0) is 6.54 Å². The number of pyridine rings is 1. The smallest absolute Gasteiger partial charge is 0.264 e. The summed E-state index contributed by atoms with van der Waals surface area (Å²) in [5, 5.41) is 4.70. The summed E-state index contributed by atoms with van der Waals surface area (Å²) >= 11 is 12.4. The van der Waals surface area contributed by atoms with E-state index in [9.17, 15) is 9.59 Å². The molecule has 1 heterocycles. The molecule has 4 nitrogen and oxygen atoms in total. The number of amides is 1. The average molecular weight is 437 g/mol. The monoisotopic (exact) mass is 436 g/mol. The van der Waals surface area contributed by atoms with E-state index in [-0.39, 0.29) is 11.5 Å². The van der Waals surface area contributed by atoms with Gasteiger partial charge in [0.1, 0.15) is 0 Å². The molecule has 0 fully saturated rings. The van der Waals surface area contributed by atoms with E-state index < -0.39 is 0 Å². The third-order valence-corrected chi connectivity index (χ3v) is 5.53. The Morgan fingerprint density at radius 3 is 2.43 bits per heavy atom. The molecule has 0 aliphatic heterocycles. The van der Waals surface area contributed by atoms with Crippen molar-refractivity contribution in [3.63, 3.8) is 0 Å². The second-order valence-corrected chi connectivity index (χ2v) is 7.76. The molecule has 4 aromatic rings. The summed E-state index contributed by atoms with van der Waals surface area (Å²) in [7, 11) is 0. The first kappa shape index (κ1) is 20.2. The van der Waals surface area contributed by atoms with Crippen molar-refractivity contribution in [2.45, 2.75) is 13.5 Å². The van der Waals surface area contributed by atoms with Gasteiger partial charge < -0.3 is 5.32 Å². The van der Waals surface area contributed by atoms with Gasteiger partial charge >= 0.3 is 0 Å². The molecule has 4 rings (SSSR count). The van der Waals surface area contributed by atoms with Gasteiger partial charge in [0.05, 0.1) is 16.0 Å². The van der Waals surface area contributed by atoms with Crippen LogP contribution in [0.3, 0.4) is 0 Å². The molecule has 0 unspecified atom stereocenters. The first-order chi connectivity index (χ1) is 14.5. The number of halogens is 2. The van der Waals surface area contributed by atoms with E-state index in [1.807, 2.05) is 42.5 Å². The van der Waals surface area contributed by atoms with E-state index in [0.29, 0.717) is 44.3 Å². The molecule has 0 spiro atoms. The van der Waals surface area contributed by atoms with Gasteiger partial charge in [0.15, 0.2) is 0 Å². The van der Waals surface area contributed by atoms with Crippen LogP contribution in [0.5, 0.6) is 0 Å². The van der Waals surface area contributed by atoms with E-state index in [2.05, 4.69) is 5.32 Å². The molecule has 1 aromatic heterocycles. The number of hydrogen-bond acceptors (Lipinski definition) is 2. The fraction of sp³-hybridized carbons (Fsp3) is 0.0833. The van der Waals surface area contributed by atoms with Crippen molar-refractivity contribution in [1.29, 1.82) is 0 Å². The Hall–Kier alpha value is -3.08. The standard InChI is InChI=1S/C24H18Cl2N2O2/c1-15-21(23(29)27-14-16-7-5-8-17(25)13-16)19-11-6-12-20(26)22(19)24(30)28(15)18-9-3-2-4-10-18/h2-13H,14H2,1H3,(H,27,29).